The Morgan fingerprint density at radius 2 is 0.895 bits per heavy atom. The van der Waals surface area contributed by atoms with Crippen LogP contribution in [0.4, 0.5) is 11.4 Å². The summed E-state index contributed by atoms with van der Waals surface area (Å²) in [6.07, 6.45) is 5.17. The van der Waals surface area contributed by atoms with Crippen molar-refractivity contribution >= 4 is 23.2 Å². The van der Waals surface area contributed by atoms with E-state index in [9.17, 15) is 9.59 Å². The Kier molecular flexibility index (Phi) is 8.10. The summed E-state index contributed by atoms with van der Waals surface area (Å²) >= 11 is 0. The molecule has 0 saturated carbocycles. The molecule has 38 heavy (non-hydrogen) atoms. The number of carbonyl (C=O) groups is 2. The molecule has 0 bridgehead atoms. The molecule has 0 aliphatic heterocycles. The monoisotopic (exact) mass is 500 g/mol. The van der Waals surface area contributed by atoms with E-state index >= 15 is 0 Å². The maximum absolute atomic E-state index is 14.3. The maximum atomic E-state index is 14.3. The highest BCUT2D eigenvalue weighted by molar-refractivity contribution is 6.03. The van der Waals surface area contributed by atoms with Gasteiger partial charge in [0.2, 0.25) is 11.8 Å². The fourth-order valence-corrected chi connectivity index (χ4v) is 5.14. The normalized spacial score (nSPS) is 16.5. The van der Waals surface area contributed by atoms with Crippen molar-refractivity contribution in [1.82, 2.24) is 4.90 Å². The van der Waals surface area contributed by atoms with Crippen LogP contribution >= 0.6 is 0 Å². The third-order valence-corrected chi connectivity index (χ3v) is 7.06. The van der Waals surface area contributed by atoms with E-state index in [1.165, 1.54) is 0 Å². The molecule has 0 fully saturated rings. The molecule has 5 rings (SSSR count). The van der Waals surface area contributed by atoms with Gasteiger partial charge in [0, 0.05) is 24.5 Å². The van der Waals surface area contributed by atoms with E-state index < -0.39 is 11.8 Å². The van der Waals surface area contributed by atoms with Gasteiger partial charge in [0.1, 0.15) is 0 Å². The summed E-state index contributed by atoms with van der Waals surface area (Å²) in [5.41, 5.74) is 3.74. The fraction of sp³-hybridized carbons (Fsp3) is 0.176. The molecule has 0 aromatic heterocycles. The maximum Gasteiger partial charge on any atom is 0.235 e. The van der Waals surface area contributed by atoms with Crippen molar-refractivity contribution in [1.29, 1.82) is 0 Å². The smallest absolute Gasteiger partial charge is 0.235 e. The number of benzene rings is 4. The van der Waals surface area contributed by atoms with Gasteiger partial charge in [-0.1, -0.05) is 109 Å². The Morgan fingerprint density at radius 1 is 0.526 bits per heavy atom. The van der Waals surface area contributed by atoms with Crippen molar-refractivity contribution in [2.75, 3.05) is 4.90 Å². The predicted octanol–water partition coefficient (Wildman–Crippen LogP) is 7.16. The van der Waals surface area contributed by atoms with E-state index in [2.05, 4.69) is 0 Å². The predicted molar refractivity (Wildman–Crippen MR) is 153 cm³/mol. The molecule has 4 aromatic rings. The van der Waals surface area contributed by atoms with Crippen LogP contribution in [0.25, 0.3) is 0 Å². The Balaban J connectivity index is 1.47. The first kappa shape index (κ1) is 25.2. The second-order valence-corrected chi connectivity index (χ2v) is 9.67. The third kappa shape index (κ3) is 5.92. The van der Waals surface area contributed by atoms with Crippen LogP contribution in [0.5, 0.6) is 0 Å². The zero-order valence-corrected chi connectivity index (χ0v) is 21.4. The summed E-state index contributed by atoms with van der Waals surface area (Å²) < 4.78 is 0. The molecule has 2 unspecified atom stereocenters. The van der Waals surface area contributed by atoms with Crippen molar-refractivity contribution in [3.8, 4) is 0 Å². The van der Waals surface area contributed by atoms with Gasteiger partial charge in [-0.25, -0.2) is 0 Å². The lowest BCUT2D eigenvalue weighted by Gasteiger charge is -2.35. The lowest BCUT2D eigenvalue weighted by atomic mass is 9.80. The lowest BCUT2D eigenvalue weighted by Crippen LogP contribution is -2.44. The zero-order valence-electron chi connectivity index (χ0n) is 21.4. The second kappa shape index (κ2) is 12.2. The first-order valence-corrected chi connectivity index (χ1v) is 13.2. The fourth-order valence-electron chi connectivity index (χ4n) is 5.14. The highest BCUT2D eigenvalue weighted by Gasteiger charge is 2.39. The van der Waals surface area contributed by atoms with Gasteiger partial charge >= 0.3 is 0 Å². The van der Waals surface area contributed by atoms with Crippen molar-refractivity contribution < 1.29 is 9.59 Å². The van der Waals surface area contributed by atoms with Crippen LogP contribution in [0.15, 0.2) is 133 Å². The molecule has 2 atom stereocenters. The van der Waals surface area contributed by atoms with Crippen molar-refractivity contribution in [3.63, 3.8) is 0 Å². The minimum atomic E-state index is -0.457. The van der Waals surface area contributed by atoms with Gasteiger partial charge < -0.3 is 4.90 Å². The van der Waals surface area contributed by atoms with Gasteiger partial charge in [-0.3, -0.25) is 14.5 Å². The number of anilines is 2. The van der Waals surface area contributed by atoms with Crippen molar-refractivity contribution in [2.24, 2.45) is 11.8 Å². The zero-order chi connectivity index (χ0) is 26.2. The van der Waals surface area contributed by atoms with E-state index in [0.717, 1.165) is 22.5 Å². The van der Waals surface area contributed by atoms with Crippen LogP contribution in [0.1, 0.15) is 24.0 Å². The average molecular weight is 501 g/mol. The number of hydrogen-bond donors (Lipinski definition) is 0. The summed E-state index contributed by atoms with van der Waals surface area (Å²) in [4.78, 5) is 32.2. The number of nitrogens with zero attached hydrogens (tertiary/aromatic N) is 2. The van der Waals surface area contributed by atoms with Crippen LogP contribution < -0.4 is 4.90 Å². The molecule has 4 aromatic carbocycles. The minimum Gasteiger partial charge on any atom is -0.334 e. The molecular weight excluding hydrogens is 468 g/mol. The van der Waals surface area contributed by atoms with Gasteiger partial charge in [-0.15, -0.1) is 0 Å². The lowest BCUT2D eigenvalue weighted by molar-refractivity contribution is -0.142. The van der Waals surface area contributed by atoms with E-state index in [1.54, 1.807) is 4.90 Å². The molecule has 0 heterocycles. The molecule has 0 spiro atoms. The Hall–Kier alpha value is -4.44. The Labute approximate surface area is 224 Å². The molecule has 0 radical (unpaired) electrons. The summed E-state index contributed by atoms with van der Waals surface area (Å²) in [7, 11) is 0. The number of amides is 2. The Morgan fingerprint density at radius 3 is 1.32 bits per heavy atom. The topological polar surface area (TPSA) is 40.6 Å². The summed E-state index contributed by atoms with van der Waals surface area (Å²) in [6, 6.07) is 39.5. The van der Waals surface area contributed by atoms with Crippen LogP contribution in [0, 0.1) is 11.8 Å². The van der Waals surface area contributed by atoms with Gasteiger partial charge in [0.05, 0.1) is 11.8 Å². The molecule has 0 saturated heterocycles. The van der Waals surface area contributed by atoms with Gasteiger partial charge in [0.15, 0.2) is 0 Å². The summed E-state index contributed by atoms with van der Waals surface area (Å²) in [5, 5.41) is 0. The van der Waals surface area contributed by atoms with E-state index in [4.69, 9.17) is 0 Å². The molecule has 190 valence electrons. The van der Waals surface area contributed by atoms with Crippen molar-refractivity contribution in [3.05, 3.63) is 145 Å². The SMILES string of the molecule is O=C(C1CC=CCC1C(=O)N(c1ccccc1)c1ccccc1)N(Cc1ccccc1)Cc1ccccc1. The second-order valence-electron chi connectivity index (χ2n) is 9.67. The molecule has 2 amide bonds. The summed E-state index contributed by atoms with van der Waals surface area (Å²) in [6.45, 7) is 0.994. The van der Waals surface area contributed by atoms with E-state index in [0.29, 0.717) is 25.9 Å². The molecule has 4 nitrogen and oxygen atoms in total. The highest BCUT2D eigenvalue weighted by Crippen LogP contribution is 2.35. The first-order valence-electron chi connectivity index (χ1n) is 13.2. The average Bonchev–Trinajstić information content (AvgIpc) is 2.99. The Bertz CT molecular complexity index is 1270. The molecule has 4 heteroatoms. The van der Waals surface area contributed by atoms with Crippen molar-refractivity contribution in [2.45, 2.75) is 25.9 Å². The molecule has 1 aliphatic carbocycles. The van der Waals surface area contributed by atoms with Gasteiger partial charge in [0.25, 0.3) is 0 Å². The molecular formula is C34H32N2O2. The van der Waals surface area contributed by atoms with Crippen LogP contribution in [-0.2, 0) is 22.7 Å². The number of carbonyl (C=O) groups excluding carboxylic acids is 2. The molecule has 1 aliphatic rings. The summed E-state index contributed by atoms with van der Waals surface area (Å²) in [5.74, 6) is -0.928. The number of hydrogen-bond acceptors (Lipinski definition) is 2. The largest absolute Gasteiger partial charge is 0.334 e. The van der Waals surface area contributed by atoms with E-state index in [-0.39, 0.29) is 11.8 Å². The van der Waals surface area contributed by atoms with Gasteiger partial charge in [-0.2, -0.15) is 0 Å². The van der Waals surface area contributed by atoms with E-state index in [1.807, 2.05) is 138 Å². The number of rotatable bonds is 8. The molecule has 0 N–H and O–H groups in total. The van der Waals surface area contributed by atoms with Crippen LogP contribution in [0.3, 0.4) is 0 Å². The minimum absolute atomic E-state index is 0.0153. The van der Waals surface area contributed by atoms with Crippen LogP contribution in [-0.4, -0.2) is 16.7 Å². The van der Waals surface area contributed by atoms with Gasteiger partial charge in [-0.05, 0) is 48.2 Å². The quantitative estimate of drug-likeness (QED) is 0.241. The standard InChI is InChI=1S/C34H32N2O2/c37-33(35(25-27-15-5-1-6-16-27)26-28-17-7-2-8-18-28)31-23-13-14-24-32(31)34(38)36(29-19-9-3-10-20-29)30-21-11-4-12-22-30/h1-22,31-32H,23-26H2. The third-order valence-electron chi connectivity index (χ3n) is 7.06. The number of allylic oxidation sites excluding steroid dienone is 2. The van der Waals surface area contributed by atoms with Crippen LogP contribution in [0.2, 0.25) is 0 Å². The highest BCUT2D eigenvalue weighted by atomic mass is 16.2. The number of para-hydroxylation sites is 2. The first-order chi connectivity index (χ1) is 18.7.